The SMILES string of the molecule is O=C(O)CCOc1ccccc1NC(=O)CCCCCCCCS(=O)O. The largest absolute Gasteiger partial charge is 0.491 e. The first-order valence-electron chi connectivity index (χ1n) is 8.80. The Kier molecular flexibility index (Phi) is 11.3. The van der Waals surface area contributed by atoms with Crippen molar-refractivity contribution in [3.05, 3.63) is 24.3 Å². The minimum Gasteiger partial charge on any atom is -0.491 e. The number of para-hydroxylation sites is 2. The monoisotopic (exact) mass is 385 g/mol. The van der Waals surface area contributed by atoms with Gasteiger partial charge in [-0.1, -0.05) is 37.8 Å². The van der Waals surface area contributed by atoms with Gasteiger partial charge in [-0.05, 0) is 25.0 Å². The van der Waals surface area contributed by atoms with Crippen LogP contribution in [0.3, 0.4) is 0 Å². The molecule has 1 atom stereocenters. The fraction of sp³-hybridized carbons (Fsp3) is 0.556. The van der Waals surface area contributed by atoms with Crippen LogP contribution in [0.4, 0.5) is 5.69 Å². The minimum absolute atomic E-state index is 0.0477. The van der Waals surface area contributed by atoms with Crippen LogP contribution < -0.4 is 10.1 Å². The second-order valence-electron chi connectivity index (χ2n) is 5.93. The first-order chi connectivity index (χ1) is 12.5. The number of hydrogen-bond acceptors (Lipinski definition) is 4. The van der Waals surface area contributed by atoms with E-state index < -0.39 is 17.0 Å². The lowest BCUT2D eigenvalue weighted by atomic mass is 10.1. The van der Waals surface area contributed by atoms with Gasteiger partial charge in [0.05, 0.1) is 18.7 Å². The molecular weight excluding hydrogens is 358 g/mol. The standard InChI is InChI=1S/C18H27NO6S/c20-17(11-5-3-1-2-4-8-14-26(23)24)19-15-9-6-7-10-16(15)25-13-12-18(21)22/h6-7,9-10H,1-5,8,11-14H2,(H,19,20)(H,21,22)(H,23,24). The molecule has 0 saturated carbocycles. The lowest BCUT2D eigenvalue weighted by Gasteiger charge is -2.12. The Labute approximate surface area is 156 Å². The summed E-state index contributed by atoms with van der Waals surface area (Å²) in [6, 6.07) is 6.95. The van der Waals surface area contributed by atoms with Gasteiger partial charge < -0.3 is 19.7 Å². The van der Waals surface area contributed by atoms with Gasteiger partial charge in [-0.3, -0.25) is 9.59 Å². The van der Waals surface area contributed by atoms with E-state index in [4.69, 9.17) is 14.4 Å². The van der Waals surface area contributed by atoms with Crippen LogP contribution in [0.15, 0.2) is 24.3 Å². The molecule has 1 aromatic carbocycles. The van der Waals surface area contributed by atoms with E-state index in [0.717, 1.165) is 38.5 Å². The average molecular weight is 385 g/mol. The normalized spacial score (nSPS) is 11.7. The molecular formula is C18H27NO6S. The smallest absolute Gasteiger partial charge is 0.306 e. The number of hydrogen-bond donors (Lipinski definition) is 3. The van der Waals surface area contributed by atoms with Crippen molar-refractivity contribution in [3.8, 4) is 5.75 Å². The molecule has 7 nitrogen and oxygen atoms in total. The Balaban J connectivity index is 2.22. The Morgan fingerprint density at radius 1 is 1.00 bits per heavy atom. The van der Waals surface area contributed by atoms with E-state index in [2.05, 4.69) is 5.32 Å². The van der Waals surface area contributed by atoms with Crippen LogP contribution in [0, 0.1) is 0 Å². The molecule has 0 aromatic heterocycles. The predicted molar refractivity (Wildman–Crippen MR) is 101 cm³/mol. The van der Waals surface area contributed by atoms with Crippen molar-refractivity contribution in [2.45, 2.75) is 51.4 Å². The molecule has 0 fully saturated rings. The topological polar surface area (TPSA) is 113 Å². The van der Waals surface area contributed by atoms with Crippen LogP contribution in [0.25, 0.3) is 0 Å². The van der Waals surface area contributed by atoms with Crippen molar-refractivity contribution in [3.63, 3.8) is 0 Å². The Morgan fingerprint density at radius 3 is 2.35 bits per heavy atom. The molecule has 0 radical (unpaired) electrons. The Bertz CT molecular complexity index is 593. The summed E-state index contributed by atoms with van der Waals surface area (Å²) in [5, 5.41) is 11.4. The number of carbonyl (C=O) groups excluding carboxylic acids is 1. The van der Waals surface area contributed by atoms with E-state index >= 15 is 0 Å². The summed E-state index contributed by atoms with van der Waals surface area (Å²) < 4.78 is 24.6. The molecule has 26 heavy (non-hydrogen) atoms. The quantitative estimate of drug-likeness (QED) is 0.334. The van der Waals surface area contributed by atoms with Crippen molar-refractivity contribution in [2.75, 3.05) is 17.7 Å². The lowest BCUT2D eigenvalue weighted by Crippen LogP contribution is -2.13. The summed E-state index contributed by atoms with van der Waals surface area (Å²) in [4.78, 5) is 22.6. The highest BCUT2D eigenvalue weighted by Crippen LogP contribution is 2.24. The number of amides is 1. The summed E-state index contributed by atoms with van der Waals surface area (Å²) in [5.41, 5.74) is 0.542. The molecule has 0 saturated heterocycles. The summed E-state index contributed by atoms with van der Waals surface area (Å²) in [7, 11) is 0. The third-order valence-electron chi connectivity index (χ3n) is 3.71. The van der Waals surface area contributed by atoms with E-state index in [0.29, 0.717) is 23.6 Å². The van der Waals surface area contributed by atoms with E-state index in [9.17, 15) is 13.8 Å². The molecule has 1 rings (SSSR count). The highest BCUT2D eigenvalue weighted by atomic mass is 32.2. The number of carboxylic acids is 1. The van der Waals surface area contributed by atoms with Gasteiger partial charge in [-0.25, -0.2) is 4.21 Å². The van der Waals surface area contributed by atoms with Crippen molar-refractivity contribution in [1.82, 2.24) is 0 Å². The molecule has 1 unspecified atom stereocenters. The molecule has 0 bridgehead atoms. The van der Waals surface area contributed by atoms with Gasteiger partial charge in [-0.2, -0.15) is 0 Å². The predicted octanol–water partition coefficient (Wildman–Crippen LogP) is 3.43. The van der Waals surface area contributed by atoms with Crippen LogP contribution in [0.2, 0.25) is 0 Å². The average Bonchev–Trinajstić information content (AvgIpc) is 2.58. The molecule has 0 spiro atoms. The number of rotatable bonds is 14. The molecule has 146 valence electrons. The maximum absolute atomic E-state index is 12.0. The third kappa shape index (κ3) is 10.8. The van der Waals surface area contributed by atoms with Crippen LogP contribution in [-0.4, -0.2) is 38.1 Å². The summed E-state index contributed by atoms with van der Waals surface area (Å²) >= 11 is -1.70. The van der Waals surface area contributed by atoms with Crippen LogP contribution in [0.1, 0.15) is 51.4 Å². The van der Waals surface area contributed by atoms with E-state index in [1.807, 2.05) is 0 Å². The Morgan fingerprint density at radius 2 is 1.65 bits per heavy atom. The van der Waals surface area contributed by atoms with Gasteiger partial charge in [0.2, 0.25) is 5.91 Å². The number of nitrogens with one attached hydrogen (secondary N) is 1. The van der Waals surface area contributed by atoms with E-state index in [-0.39, 0.29) is 18.9 Å². The second kappa shape index (κ2) is 13.3. The fourth-order valence-corrected chi connectivity index (χ4v) is 2.83. The number of carboxylic acid groups (broad SMARTS) is 1. The zero-order valence-corrected chi connectivity index (χ0v) is 15.6. The molecule has 8 heteroatoms. The zero-order valence-electron chi connectivity index (χ0n) is 14.8. The number of aliphatic carboxylic acids is 1. The first-order valence-corrected chi connectivity index (χ1v) is 10.1. The maximum Gasteiger partial charge on any atom is 0.306 e. The molecule has 0 heterocycles. The highest BCUT2D eigenvalue weighted by Gasteiger charge is 2.08. The molecule has 1 aromatic rings. The Hall–Kier alpha value is -1.93. The van der Waals surface area contributed by atoms with Gasteiger partial charge in [-0.15, -0.1) is 0 Å². The molecule has 1 amide bonds. The molecule has 3 N–H and O–H groups in total. The van der Waals surface area contributed by atoms with Gasteiger partial charge in [0.25, 0.3) is 0 Å². The zero-order chi connectivity index (χ0) is 19.2. The summed E-state index contributed by atoms with van der Waals surface area (Å²) in [6.45, 7) is 0.0477. The van der Waals surface area contributed by atoms with Crippen LogP contribution in [0.5, 0.6) is 5.75 Å². The van der Waals surface area contributed by atoms with Crippen LogP contribution >= 0.6 is 0 Å². The summed E-state index contributed by atoms with van der Waals surface area (Å²) in [5.74, 6) is -0.245. The van der Waals surface area contributed by atoms with Crippen molar-refractivity contribution in [1.29, 1.82) is 0 Å². The van der Waals surface area contributed by atoms with Crippen molar-refractivity contribution in [2.24, 2.45) is 0 Å². The van der Waals surface area contributed by atoms with Gasteiger partial charge in [0, 0.05) is 12.2 Å². The summed E-state index contributed by atoms with van der Waals surface area (Å²) in [6.07, 6.45) is 5.70. The highest BCUT2D eigenvalue weighted by molar-refractivity contribution is 7.79. The van der Waals surface area contributed by atoms with Crippen molar-refractivity contribution < 1.29 is 28.2 Å². The minimum atomic E-state index is -1.70. The third-order valence-corrected chi connectivity index (χ3v) is 4.35. The molecule has 0 aliphatic carbocycles. The van der Waals surface area contributed by atoms with Gasteiger partial charge in [0.15, 0.2) is 11.1 Å². The molecule has 0 aliphatic heterocycles. The van der Waals surface area contributed by atoms with Crippen LogP contribution in [-0.2, 0) is 20.7 Å². The number of anilines is 1. The second-order valence-corrected chi connectivity index (χ2v) is 6.98. The van der Waals surface area contributed by atoms with Gasteiger partial charge >= 0.3 is 5.97 Å². The number of unbranched alkanes of at least 4 members (excludes halogenated alkanes) is 5. The maximum atomic E-state index is 12.0. The number of carbonyl (C=O) groups is 2. The van der Waals surface area contributed by atoms with Crippen molar-refractivity contribution >= 4 is 28.6 Å². The molecule has 0 aliphatic rings. The number of benzene rings is 1. The lowest BCUT2D eigenvalue weighted by molar-refractivity contribution is -0.137. The van der Waals surface area contributed by atoms with E-state index in [1.165, 1.54) is 0 Å². The van der Waals surface area contributed by atoms with Gasteiger partial charge in [0.1, 0.15) is 5.75 Å². The number of ether oxygens (including phenoxy) is 1. The van der Waals surface area contributed by atoms with E-state index in [1.54, 1.807) is 24.3 Å². The first kappa shape index (κ1) is 22.1. The fourth-order valence-electron chi connectivity index (χ4n) is 2.37.